The number of carbonyl (C=O) groups excluding carboxylic acids is 2. The van der Waals surface area contributed by atoms with Gasteiger partial charge in [0.25, 0.3) is 0 Å². The number of methoxy groups -OCH3 is 1. The smallest absolute Gasteiger partial charge is 0.238 e. The number of fused-ring (bicyclic) bond motifs is 1. The number of rotatable bonds is 10. The van der Waals surface area contributed by atoms with Crippen molar-refractivity contribution in [3.8, 4) is 5.75 Å². The number of anilines is 1. The Morgan fingerprint density at radius 3 is 2.40 bits per heavy atom. The monoisotopic (exact) mass is 582 g/mol. The topological polar surface area (TPSA) is 120 Å². The zero-order chi connectivity index (χ0) is 30.7. The van der Waals surface area contributed by atoms with Crippen LogP contribution < -0.4 is 4.90 Å². The molecule has 2 aromatic carbocycles. The Kier molecular flexibility index (Phi) is 9.20. The molecule has 8 nitrogen and oxygen atoms in total. The van der Waals surface area contributed by atoms with Gasteiger partial charge in [0.1, 0.15) is 5.75 Å². The van der Waals surface area contributed by atoms with E-state index in [9.17, 15) is 24.9 Å². The Bertz CT molecular complexity index is 1530. The van der Waals surface area contributed by atoms with Crippen LogP contribution in [0.2, 0.25) is 0 Å². The summed E-state index contributed by atoms with van der Waals surface area (Å²) in [6.45, 7) is 3.52. The maximum Gasteiger partial charge on any atom is 0.238 e. The summed E-state index contributed by atoms with van der Waals surface area (Å²) in [5.74, 6) is -2.49. The van der Waals surface area contributed by atoms with Gasteiger partial charge in [0.05, 0.1) is 42.5 Å². The number of phenols is 1. The van der Waals surface area contributed by atoms with Crippen LogP contribution in [0.4, 0.5) is 5.69 Å². The predicted molar refractivity (Wildman–Crippen MR) is 165 cm³/mol. The first-order valence-electron chi connectivity index (χ1n) is 14.6. The number of carbonyl (C=O) groups is 2. The number of amides is 2. The van der Waals surface area contributed by atoms with Crippen LogP contribution in [0.25, 0.3) is 11.6 Å². The van der Waals surface area contributed by atoms with Crippen molar-refractivity contribution < 1.29 is 29.6 Å². The van der Waals surface area contributed by atoms with Crippen molar-refractivity contribution in [2.75, 3.05) is 25.2 Å². The lowest BCUT2D eigenvalue weighted by Crippen LogP contribution is -2.39. The third kappa shape index (κ3) is 6.04. The summed E-state index contributed by atoms with van der Waals surface area (Å²) in [5, 5.41) is 32.6. The number of aryl methyl sites for hydroxylation is 2. The summed E-state index contributed by atoms with van der Waals surface area (Å²) in [6.07, 6.45) is 3.79. The van der Waals surface area contributed by atoms with Crippen LogP contribution in [-0.4, -0.2) is 58.5 Å². The average molecular weight is 583 g/mol. The summed E-state index contributed by atoms with van der Waals surface area (Å²) in [4.78, 5) is 33.0. The summed E-state index contributed by atoms with van der Waals surface area (Å²) < 4.78 is 5.48. The number of pyridine rings is 1. The molecule has 3 aromatic rings. The zero-order valence-corrected chi connectivity index (χ0v) is 24.7. The van der Waals surface area contributed by atoms with E-state index >= 15 is 0 Å². The van der Waals surface area contributed by atoms with Crippen molar-refractivity contribution in [1.29, 1.82) is 0 Å². The lowest BCUT2D eigenvalue weighted by atomic mass is 9.68. The molecule has 2 heterocycles. The second-order valence-corrected chi connectivity index (χ2v) is 11.4. The Morgan fingerprint density at radius 2 is 1.77 bits per heavy atom. The molecule has 0 spiro atoms. The van der Waals surface area contributed by atoms with E-state index in [2.05, 4.69) is 4.98 Å². The summed E-state index contributed by atoms with van der Waals surface area (Å²) in [6, 6.07) is 18.3. The largest absolute Gasteiger partial charge is 0.507 e. The number of aromatic hydroxyl groups is 1. The van der Waals surface area contributed by atoms with E-state index in [0.29, 0.717) is 24.1 Å². The Hall–Kier alpha value is -4.11. The van der Waals surface area contributed by atoms with E-state index < -0.39 is 23.9 Å². The number of aromatic nitrogens is 1. The quantitative estimate of drug-likeness (QED) is 0.231. The van der Waals surface area contributed by atoms with E-state index in [4.69, 9.17) is 4.74 Å². The first kappa shape index (κ1) is 30.4. The van der Waals surface area contributed by atoms with E-state index in [1.807, 2.05) is 56.3 Å². The van der Waals surface area contributed by atoms with Crippen LogP contribution in [0.3, 0.4) is 0 Å². The molecule has 1 saturated heterocycles. The summed E-state index contributed by atoms with van der Waals surface area (Å²) in [5.41, 5.74) is 5.94. The molecule has 4 atom stereocenters. The molecule has 0 bridgehead atoms. The van der Waals surface area contributed by atoms with E-state index in [1.165, 1.54) is 4.90 Å². The third-order valence-corrected chi connectivity index (χ3v) is 8.61. The number of aliphatic hydroxyl groups is 2. The van der Waals surface area contributed by atoms with E-state index in [1.54, 1.807) is 37.6 Å². The van der Waals surface area contributed by atoms with Crippen LogP contribution in [0.5, 0.6) is 5.75 Å². The maximum atomic E-state index is 13.7. The van der Waals surface area contributed by atoms with Crippen molar-refractivity contribution in [1.82, 2.24) is 4.98 Å². The lowest BCUT2D eigenvalue weighted by Gasteiger charge is -2.36. The zero-order valence-electron chi connectivity index (χ0n) is 24.7. The Morgan fingerprint density at radius 1 is 1.07 bits per heavy atom. The SMILES string of the molecule is COCC1=C([C@H](O)CC/C(=C/c2cc(C)c(O)c(C)c2)c2ccccn2)[C@H](CO)[C@@H]2C(=O)N(c3ccccc3)C(=O)[C@@H]2C1. The fourth-order valence-electron chi connectivity index (χ4n) is 6.65. The molecule has 5 rings (SSSR count). The predicted octanol–water partition coefficient (Wildman–Crippen LogP) is 4.85. The average Bonchev–Trinajstić information content (AvgIpc) is 3.26. The van der Waals surface area contributed by atoms with Crippen molar-refractivity contribution in [3.63, 3.8) is 0 Å². The molecule has 2 aliphatic rings. The molecule has 1 fully saturated rings. The van der Waals surface area contributed by atoms with Gasteiger partial charge in [-0.3, -0.25) is 19.5 Å². The third-order valence-electron chi connectivity index (χ3n) is 8.61. The molecule has 1 aliphatic heterocycles. The molecule has 0 radical (unpaired) electrons. The van der Waals surface area contributed by atoms with Gasteiger partial charge in [-0.1, -0.05) is 24.3 Å². The minimum Gasteiger partial charge on any atom is -0.507 e. The fourth-order valence-corrected chi connectivity index (χ4v) is 6.65. The van der Waals surface area contributed by atoms with Gasteiger partial charge in [-0.2, -0.15) is 0 Å². The number of para-hydroxylation sites is 1. The highest BCUT2D eigenvalue weighted by Crippen LogP contribution is 2.47. The maximum absolute atomic E-state index is 13.7. The normalized spacial score (nSPS) is 21.4. The molecule has 43 heavy (non-hydrogen) atoms. The molecule has 1 aliphatic carbocycles. The van der Waals surface area contributed by atoms with Crippen molar-refractivity contribution in [3.05, 3.63) is 100 Å². The highest BCUT2D eigenvalue weighted by Gasteiger charge is 2.55. The summed E-state index contributed by atoms with van der Waals surface area (Å²) >= 11 is 0. The van der Waals surface area contributed by atoms with Gasteiger partial charge in [0, 0.05) is 19.2 Å². The molecule has 8 heteroatoms. The van der Waals surface area contributed by atoms with E-state index in [0.717, 1.165) is 33.5 Å². The first-order valence-corrected chi connectivity index (χ1v) is 14.6. The molecule has 2 amide bonds. The number of hydrogen-bond acceptors (Lipinski definition) is 7. The lowest BCUT2D eigenvalue weighted by molar-refractivity contribution is -0.123. The minimum absolute atomic E-state index is 0.188. The number of aliphatic hydroxyl groups excluding tert-OH is 2. The number of phenolic OH excluding ortho intramolecular Hbond substituents is 1. The van der Waals surface area contributed by atoms with Crippen LogP contribution in [-0.2, 0) is 14.3 Å². The number of nitrogens with zero attached hydrogens (tertiary/aromatic N) is 2. The van der Waals surface area contributed by atoms with Gasteiger partial charge in [-0.05, 0) is 109 Å². The number of hydrogen-bond donors (Lipinski definition) is 3. The molecule has 0 unspecified atom stereocenters. The molecular weight excluding hydrogens is 544 g/mol. The first-order chi connectivity index (χ1) is 20.7. The number of imide groups is 1. The van der Waals surface area contributed by atoms with Gasteiger partial charge in [0.15, 0.2) is 0 Å². The van der Waals surface area contributed by atoms with Gasteiger partial charge in [0.2, 0.25) is 11.8 Å². The standard InChI is InChI=1S/C35H38N2O6/c1-21-15-23(16-22(2)33(21)40)17-24(29-11-7-8-14-36-29)12-13-30(39)31-25(20-43-3)18-27-32(28(31)19-38)35(42)37(34(27)41)26-9-5-4-6-10-26/h4-11,14-17,27-28,30,32,38-40H,12-13,18-20H2,1-3H3/b24-17-/t27-,28+,30-,32-/m1/s1. The van der Waals surface area contributed by atoms with Crippen molar-refractivity contribution in [2.24, 2.45) is 17.8 Å². The number of ether oxygens (including phenoxy) is 1. The Balaban J connectivity index is 1.46. The second kappa shape index (κ2) is 13.0. The number of allylic oxidation sites excluding steroid dienone is 1. The van der Waals surface area contributed by atoms with E-state index in [-0.39, 0.29) is 37.2 Å². The van der Waals surface area contributed by atoms with Crippen LogP contribution in [0.1, 0.15) is 41.6 Å². The Labute approximate surface area is 252 Å². The van der Waals surface area contributed by atoms with Gasteiger partial charge < -0.3 is 20.1 Å². The van der Waals surface area contributed by atoms with Crippen LogP contribution in [0, 0.1) is 31.6 Å². The van der Waals surface area contributed by atoms with Gasteiger partial charge >= 0.3 is 0 Å². The highest BCUT2D eigenvalue weighted by atomic mass is 16.5. The molecule has 1 aromatic heterocycles. The number of benzene rings is 2. The molecule has 0 saturated carbocycles. The van der Waals surface area contributed by atoms with Gasteiger partial charge in [-0.15, -0.1) is 0 Å². The van der Waals surface area contributed by atoms with Crippen LogP contribution in [0.15, 0.2) is 78.0 Å². The van der Waals surface area contributed by atoms with Crippen molar-refractivity contribution in [2.45, 2.75) is 39.2 Å². The fraction of sp³-hybridized carbons (Fsp3) is 0.343. The van der Waals surface area contributed by atoms with Crippen LogP contribution >= 0.6 is 0 Å². The molecule has 3 N–H and O–H groups in total. The summed E-state index contributed by atoms with van der Waals surface area (Å²) in [7, 11) is 1.55. The van der Waals surface area contributed by atoms with Gasteiger partial charge in [-0.25, -0.2) is 0 Å². The highest BCUT2D eigenvalue weighted by molar-refractivity contribution is 6.22. The minimum atomic E-state index is -0.979. The molecular formula is C35H38N2O6. The molecule has 224 valence electrons. The van der Waals surface area contributed by atoms with Crippen molar-refractivity contribution >= 4 is 29.2 Å². The second-order valence-electron chi connectivity index (χ2n) is 11.4.